The minimum Gasteiger partial charge on any atom is -0.493 e. The van der Waals surface area contributed by atoms with Crippen molar-refractivity contribution in [2.24, 2.45) is 5.73 Å². The van der Waals surface area contributed by atoms with Gasteiger partial charge in [0.2, 0.25) is 0 Å². The molecule has 0 bridgehead atoms. The maximum Gasteiger partial charge on any atom is 0.328 e. The summed E-state index contributed by atoms with van der Waals surface area (Å²) >= 11 is 0. The molecule has 0 fully saturated rings. The van der Waals surface area contributed by atoms with E-state index in [-0.39, 0.29) is 6.04 Å². The first-order chi connectivity index (χ1) is 11.9. The number of H-pyrrole nitrogens is 1. The number of aliphatic carboxylic acids is 2. The first-order valence-electron chi connectivity index (χ1n) is 8.02. The monoisotopic (exact) mass is 346 g/mol. The number of hydrogen-bond acceptors (Lipinski definition) is 4. The van der Waals surface area contributed by atoms with Gasteiger partial charge >= 0.3 is 11.9 Å². The van der Waals surface area contributed by atoms with E-state index in [9.17, 15) is 9.59 Å². The average molecular weight is 346 g/mol. The highest BCUT2D eigenvalue weighted by Gasteiger charge is 2.17. The highest BCUT2D eigenvalue weighted by atomic mass is 16.5. The van der Waals surface area contributed by atoms with E-state index in [1.54, 1.807) is 0 Å². The van der Waals surface area contributed by atoms with E-state index in [0.717, 1.165) is 31.6 Å². The number of benzene rings is 1. The molecule has 1 atom stereocenters. The van der Waals surface area contributed by atoms with Crippen molar-refractivity contribution in [2.45, 2.75) is 32.2 Å². The smallest absolute Gasteiger partial charge is 0.328 e. The fourth-order valence-electron chi connectivity index (χ4n) is 2.82. The Hall–Kier alpha value is -2.80. The summed E-state index contributed by atoms with van der Waals surface area (Å²) < 4.78 is 5.72. The maximum atomic E-state index is 9.55. The van der Waals surface area contributed by atoms with Crippen LogP contribution in [0.2, 0.25) is 0 Å². The molecule has 2 aromatic rings. The zero-order chi connectivity index (χ0) is 18.4. The first kappa shape index (κ1) is 18.5. The van der Waals surface area contributed by atoms with Crippen LogP contribution >= 0.6 is 0 Å². The van der Waals surface area contributed by atoms with Gasteiger partial charge in [-0.25, -0.2) is 9.59 Å². The number of carboxylic acid groups (broad SMARTS) is 2. The van der Waals surface area contributed by atoms with Crippen molar-refractivity contribution < 1.29 is 24.5 Å². The molecule has 1 unspecified atom stereocenters. The summed E-state index contributed by atoms with van der Waals surface area (Å²) in [5, 5.41) is 17.0. The van der Waals surface area contributed by atoms with Gasteiger partial charge in [0.15, 0.2) is 0 Å². The molecular formula is C18H22N2O5. The van der Waals surface area contributed by atoms with Crippen LogP contribution in [-0.2, 0) is 22.4 Å². The van der Waals surface area contributed by atoms with Gasteiger partial charge in [-0.2, -0.15) is 0 Å². The SMILES string of the molecule is CC(N)Cc1c[nH]c2ccc3c(c12)CCCO3.O=C(O)C=CC(=O)O. The number of fused-ring (bicyclic) bond motifs is 3. The summed E-state index contributed by atoms with van der Waals surface area (Å²) in [6, 6.07) is 4.36. The topological polar surface area (TPSA) is 126 Å². The predicted octanol–water partition coefficient (Wildman–Crippen LogP) is 2.09. The third-order valence-electron chi connectivity index (χ3n) is 3.73. The van der Waals surface area contributed by atoms with Crippen LogP contribution in [0.5, 0.6) is 5.75 Å². The zero-order valence-corrected chi connectivity index (χ0v) is 14.0. The molecule has 0 saturated heterocycles. The Labute approximate surface area is 145 Å². The zero-order valence-electron chi connectivity index (χ0n) is 14.0. The Bertz CT molecular complexity index is 776. The minimum atomic E-state index is -1.26. The molecule has 1 aromatic heterocycles. The van der Waals surface area contributed by atoms with Crippen molar-refractivity contribution in [2.75, 3.05) is 6.61 Å². The van der Waals surface area contributed by atoms with Crippen LogP contribution in [0.25, 0.3) is 10.9 Å². The van der Waals surface area contributed by atoms with Crippen molar-refractivity contribution in [3.05, 3.63) is 41.6 Å². The lowest BCUT2D eigenvalue weighted by Crippen LogP contribution is -2.17. The van der Waals surface area contributed by atoms with Crippen molar-refractivity contribution >= 4 is 22.8 Å². The van der Waals surface area contributed by atoms with E-state index in [4.69, 9.17) is 20.7 Å². The van der Waals surface area contributed by atoms with Gasteiger partial charge in [-0.3, -0.25) is 0 Å². The van der Waals surface area contributed by atoms with Crippen LogP contribution in [0.1, 0.15) is 24.5 Å². The van der Waals surface area contributed by atoms with Crippen LogP contribution in [0.3, 0.4) is 0 Å². The van der Waals surface area contributed by atoms with Gasteiger partial charge in [0.25, 0.3) is 0 Å². The number of ether oxygens (including phenoxy) is 1. The number of nitrogens with one attached hydrogen (secondary N) is 1. The van der Waals surface area contributed by atoms with E-state index < -0.39 is 11.9 Å². The van der Waals surface area contributed by atoms with Crippen LogP contribution in [-0.4, -0.2) is 39.8 Å². The summed E-state index contributed by atoms with van der Waals surface area (Å²) in [4.78, 5) is 22.4. The number of aromatic nitrogens is 1. The maximum absolute atomic E-state index is 9.55. The van der Waals surface area contributed by atoms with Gasteiger partial charge < -0.3 is 25.7 Å². The molecule has 5 N–H and O–H groups in total. The fourth-order valence-corrected chi connectivity index (χ4v) is 2.82. The molecule has 7 nitrogen and oxygen atoms in total. The van der Waals surface area contributed by atoms with E-state index in [1.165, 1.54) is 22.0 Å². The summed E-state index contributed by atoms with van der Waals surface area (Å²) in [6.07, 6.45) is 6.33. The van der Waals surface area contributed by atoms with Crippen molar-refractivity contribution in [1.82, 2.24) is 4.98 Å². The summed E-state index contributed by atoms with van der Waals surface area (Å²) in [7, 11) is 0. The van der Waals surface area contributed by atoms with Crippen LogP contribution in [0, 0.1) is 0 Å². The summed E-state index contributed by atoms with van der Waals surface area (Å²) in [5.74, 6) is -1.46. The molecule has 0 saturated carbocycles. The highest BCUT2D eigenvalue weighted by molar-refractivity contribution is 5.90. The number of aryl methyl sites for hydroxylation is 1. The molecule has 134 valence electrons. The van der Waals surface area contributed by atoms with Crippen LogP contribution < -0.4 is 10.5 Å². The Morgan fingerprint density at radius 1 is 1.32 bits per heavy atom. The second kappa shape index (κ2) is 8.34. The Balaban J connectivity index is 0.000000242. The number of carbonyl (C=O) groups is 2. The lowest BCUT2D eigenvalue weighted by Gasteiger charge is -2.18. The molecule has 3 rings (SSSR count). The molecule has 0 amide bonds. The Morgan fingerprint density at radius 3 is 2.60 bits per heavy atom. The van der Waals surface area contributed by atoms with Crippen LogP contribution in [0.15, 0.2) is 30.5 Å². The molecule has 7 heteroatoms. The summed E-state index contributed by atoms with van der Waals surface area (Å²) in [6.45, 7) is 2.89. The number of hydrogen-bond donors (Lipinski definition) is 4. The molecule has 1 aromatic carbocycles. The van der Waals surface area contributed by atoms with Crippen molar-refractivity contribution in [1.29, 1.82) is 0 Å². The molecule has 0 aliphatic carbocycles. The lowest BCUT2D eigenvalue weighted by atomic mass is 9.97. The second-order valence-corrected chi connectivity index (χ2v) is 5.92. The van der Waals surface area contributed by atoms with Crippen molar-refractivity contribution in [3.63, 3.8) is 0 Å². The summed E-state index contributed by atoms with van der Waals surface area (Å²) in [5.41, 5.74) is 9.77. The van der Waals surface area contributed by atoms with Gasteiger partial charge in [-0.05, 0) is 43.9 Å². The van der Waals surface area contributed by atoms with E-state index in [0.29, 0.717) is 12.2 Å². The van der Waals surface area contributed by atoms with Gasteiger partial charge in [-0.15, -0.1) is 0 Å². The Kier molecular flexibility index (Phi) is 6.19. The van der Waals surface area contributed by atoms with Gasteiger partial charge in [0, 0.05) is 40.9 Å². The van der Waals surface area contributed by atoms with E-state index >= 15 is 0 Å². The van der Waals surface area contributed by atoms with Gasteiger partial charge in [0.1, 0.15) is 5.75 Å². The van der Waals surface area contributed by atoms with Gasteiger partial charge in [0.05, 0.1) is 6.61 Å². The van der Waals surface area contributed by atoms with E-state index in [2.05, 4.69) is 23.3 Å². The standard InChI is InChI=1S/C14H18N2O.C4H4O4/c1-9(15)7-10-8-16-12-4-5-13-11(14(10)12)3-2-6-17-13;5-3(6)1-2-4(7)8/h4-5,8-9,16H,2-3,6-7,15H2,1H3;1-2H,(H,5,6)(H,7,8). The number of rotatable bonds is 4. The normalized spacial score (nSPS) is 14.3. The average Bonchev–Trinajstić information content (AvgIpc) is 2.96. The van der Waals surface area contributed by atoms with E-state index in [1.807, 2.05) is 6.92 Å². The molecule has 1 aliphatic rings. The molecule has 1 aliphatic heterocycles. The third-order valence-corrected chi connectivity index (χ3v) is 3.73. The molecule has 2 heterocycles. The minimum absolute atomic E-state index is 0.189. The molecule has 0 spiro atoms. The number of carboxylic acids is 2. The quantitative estimate of drug-likeness (QED) is 0.628. The van der Waals surface area contributed by atoms with Crippen molar-refractivity contribution in [3.8, 4) is 5.75 Å². The third kappa shape index (κ3) is 5.09. The van der Waals surface area contributed by atoms with Crippen LogP contribution in [0.4, 0.5) is 0 Å². The van der Waals surface area contributed by atoms with Gasteiger partial charge in [-0.1, -0.05) is 0 Å². The predicted molar refractivity (Wildman–Crippen MR) is 93.9 cm³/mol. The largest absolute Gasteiger partial charge is 0.493 e. The lowest BCUT2D eigenvalue weighted by molar-refractivity contribution is -0.134. The fraction of sp³-hybridized carbons (Fsp3) is 0.333. The molecular weight excluding hydrogens is 324 g/mol. The number of aromatic amines is 1. The second-order valence-electron chi connectivity index (χ2n) is 5.92. The highest BCUT2D eigenvalue weighted by Crippen LogP contribution is 2.34. The Morgan fingerprint density at radius 2 is 2.00 bits per heavy atom. The molecule has 0 radical (unpaired) electrons. The molecule has 25 heavy (non-hydrogen) atoms. The first-order valence-corrected chi connectivity index (χ1v) is 8.02. The number of nitrogens with two attached hydrogens (primary N) is 1.